The van der Waals surface area contributed by atoms with Crippen LogP contribution in [-0.4, -0.2) is 23.1 Å². The van der Waals surface area contributed by atoms with Gasteiger partial charge in [0, 0.05) is 24.5 Å². The summed E-state index contributed by atoms with van der Waals surface area (Å²) in [5, 5.41) is 7.51. The van der Waals surface area contributed by atoms with E-state index in [1.54, 1.807) is 12.4 Å². The first kappa shape index (κ1) is 19.4. The highest BCUT2D eigenvalue weighted by molar-refractivity contribution is 5.92. The highest BCUT2D eigenvalue weighted by atomic mass is 16.5. The van der Waals surface area contributed by atoms with Gasteiger partial charge in [-0.05, 0) is 99.1 Å². The second-order valence-corrected chi connectivity index (χ2v) is 9.51. The molecule has 1 aromatic heterocycles. The minimum Gasteiger partial charge on any atom is -0.462 e. The summed E-state index contributed by atoms with van der Waals surface area (Å²) in [6.45, 7) is 2.90. The van der Waals surface area contributed by atoms with E-state index >= 15 is 0 Å². The molecule has 5 nitrogen and oxygen atoms in total. The maximum absolute atomic E-state index is 12.3. The molecule has 0 amide bonds. The molecule has 4 bridgehead atoms. The molecule has 2 aromatic rings. The van der Waals surface area contributed by atoms with Crippen LogP contribution in [0.5, 0.6) is 0 Å². The Hall–Kier alpha value is -2.56. The van der Waals surface area contributed by atoms with Crippen molar-refractivity contribution in [1.82, 2.24) is 4.98 Å². The second-order valence-electron chi connectivity index (χ2n) is 9.51. The Balaban J connectivity index is 1.41. The Morgan fingerprint density at radius 2 is 1.70 bits per heavy atom. The first-order chi connectivity index (χ1) is 14.6. The van der Waals surface area contributed by atoms with Gasteiger partial charge in [0.15, 0.2) is 0 Å². The minimum atomic E-state index is -0.272. The third-order valence-corrected chi connectivity index (χ3v) is 7.20. The smallest absolute Gasteiger partial charge is 0.338 e. The number of hydrogen-bond acceptors (Lipinski definition) is 5. The topological polar surface area (TPSA) is 63.2 Å². The van der Waals surface area contributed by atoms with Crippen molar-refractivity contribution in [3.05, 3.63) is 53.9 Å². The number of nitrogens with zero attached hydrogens (tertiary/aromatic N) is 1. The Labute approximate surface area is 178 Å². The molecule has 1 aromatic carbocycles. The summed E-state index contributed by atoms with van der Waals surface area (Å²) in [7, 11) is 0. The quantitative estimate of drug-likeness (QED) is 0.616. The van der Waals surface area contributed by atoms with Crippen molar-refractivity contribution in [2.45, 2.75) is 57.5 Å². The van der Waals surface area contributed by atoms with Gasteiger partial charge in [-0.2, -0.15) is 0 Å². The molecular weight excluding hydrogens is 374 g/mol. The lowest BCUT2D eigenvalue weighted by molar-refractivity contribution is 0.0107. The number of carbonyl (C=O) groups excluding carboxylic acids is 1. The van der Waals surface area contributed by atoms with Crippen LogP contribution in [0.15, 0.2) is 42.7 Å². The van der Waals surface area contributed by atoms with Crippen LogP contribution < -0.4 is 10.6 Å². The van der Waals surface area contributed by atoms with Gasteiger partial charge in [-0.25, -0.2) is 4.79 Å². The number of nitrogens with one attached hydrogen (secondary N) is 2. The summed E-state index contributed by atoms with van der Waals surface area (Å²) in [5.41, 5.74) is 4.03. The van der Waals surface area contributed by atoms with Crippen molar-refractivity contribution in [2.75, 3.05) is 17.2 Å². The van der Waals surface area contributed by atoms with Gasteiger partial charge in [-0.3, -0.25) is 4.98 Å². The van der Waals surface area contributed by atoms with Gasteiger partial charge in [-0.1, -0.05) is 0 Å². The molecule has 30 heavy (non-hydrogen) atoms. The lowest BCUT2D eigenvalue weighted by Crippen LogP contribution is -2.54. The first-order valence-corrected chi connectivity index (χ1v) is 11.3. The monoisotopic (exact) mass is 405 g/mol. The fraction of sp³-hybridized carbons (Fsp3) is 0.520. The van der Waals surface area contributed by atoms with Crippen LogP contribution in [0.4, 0.5) is 11.4 Å². The number of aromatic nitrogens is 1. The number of benzene rings is 1. The lowest BCUT2D eigenvalue weighted by atomic mass is 9.53. The number of anilines is 2. The van der Waals surface area contributed by atoms with E-state index in [2.05, 4.69) is 21.7 Å². The van der Waals surface area contributed by atoms with Gasteiger partial charge in [0.05, 0.1) is 23.5 Å². The molecule has 0 spiro atoms. The Bertz CT molecular complexity index is 877. The van der Waals surface area contributed by atoms with Gasteiger partial charge in [0.1, 0.15) is 0 Å². The molecule has 1 heterocycles. The van der Waals surface area contributed by atoms with Crippen molar-refractivity contribution in [3.63, 3.8) is 0 Å². The van der Waals surface area contributed by atoms with Crippen LogP contribution in [-0.2, 0) is 11.3 Å². The lowest BCUT2D eigenvalue weighted by Gasteiger charge is -2.57. The molecule has 0 radical (unpaired) electrons. The molecule has 0 unspecified atom stereocenters. The molecule has 4 aliphatic rings. The van der Waals surface area contributed by atoms with E-state index < -0.39 is 0 Å². The van der Waals surface area contributed by atoms with Crippen molar-refractivity contribution in [1.29, 1.82) is 0 Å². The summed E-state index contributed by atoms with van der Waals surface area (Å²) in [6, 6.07) is 9.89. The van der Waals surface area contributed by atoms with Gasteiger partial charge in [-0.15, -0.1) is 0 Å². The van der Waals surface area contributed by atoms with E-state index in [0.29, 0.717) is 18.7 Å². The molecule has 6 rings (SSSR count). The largest absolute Gasteiger partial charge is 0.462 e. The molecule has 4 fully saturated rings. The maximum Gasteiger partial charge on any atom is 0.338 e. The van der Waals surface area contributed by atoms with Gasteiger partial charge in [0.25, 0.3) is 0 Å². The van der Waals surface area contributed by atoms with E-state index in [1.807, 2.05) is 31.2 Å². The summed E-state index contributed by atoms with van der Waals surface area (Å²) in [5.74, 6) is 2.38. The summed E-state index contributed by atoms with van der Waals surface area (Å²) in [4.78, 5) is 16.4. The Morgan fingerprint density at radius 1 is 1.03 bits per heavy atom. The van der Waals surface area contributed by atoms with E-state index in [0.717, 1.165) is 34.7 Å². The summed E-state index contributed by atoms with van der Waals surface area (Å²) in [6.07, 6.45) is 11.7. The molecule has 0 atom stereocenters. The summed E-state index contributed by atoms with van der Waals surface area (Å²) < 4.78 is 5.22. The highest BCUT2D eigenvalue weighted by Crippen LogP contribution is 2.56. The first-order valence-electron chi connectivity index (χ1n) is 11.3. The Morgan fingerprint density at radius 3 is 2.33 bits per heavy atom. The van der Waals surface area contributed by atoms with E-state index in [9.17, 15) is 4.79 Å². The third kappa shape index (κ3) is 3.90. The predicted molar refractivity (Wildman–Crippen MR) is 118 cm³/mol. The molecule has 0 aliphatic heterocycles. The minimum absolute atomic E-state index is 0.216. The number of pyridine rings is 1. The van der Waals surface area contributed by atoms with Crippen LogP contribution in [0.3, 0.4) is 0 Å². The zero-order chi connectivity index (χ0) is 20.6. The van der Waals surface area contributed by atoms with Crippen molar-refractivity contribution in [3.8, 4) is 0 Å². The van der Waals surface area contributed by atoms with Crippen molar-refractivity contribution < 1.29 is 9.53 Å². The zero-order valence-corrected chi connectivity index (χ0v) is 17.7. The van der Waals surface area contributed by atoms with Crippen LogP contribution in [0.25, 0.3) is 0 Å². The van der Waals surface area contributed by atoms with Crippen LogP contribution in [0.2, 0.25) is 0 Å². The SMILES string of the molecule is CCOC(=O)c1ccc(NC23CC4CC(CC(C4)C2)C3)c(NCc2ccncc2)c1. The zero-order valence-electron chi connectivity index (χ0n) is 17.7. The summed E-state index contributed by atoms with van der Waals surface area (Å²) >= 11 is 0. The molecule has 5 heteroatoms. The fourth-order valence-corrected chi connectivity index (χ4v) is 6.39. The van der Waals surface area contributed by atoms with Crippen LogP contribution in [0.1, 0.15) is 61.4 Å². The molecule has 4 saturated carbocycles. The van der Waals surface area contributed by atoms with E-state index in [1.165, 1.54) is 38.5 Å². The second kappa shape index (κ2) is 7.93. The van der Waals surface area contributed by atoms with Crippen molar-refractivity contribution in [2.24, 2.45) is 17.8 Å². The predicted octanol–water partition coefficient (Wildman–Crippen LogP) is 5.25. The van der Waals surface area contributed by atoms with E-state index in [-0.39, 0.29) is 11.5 Å². The maximum atomic E-state index is 12.3. The van der Waals surface area contributed by atoms with Crippen molar-refractivity contribution >= 4 is 17.3 Å². The standard InChI is InChI=1S/C25H31N3O2/c1-2-30-24(29)21-3-4-22(23(12-21)27-16-17-5-7-26-8-6-17)28-25-13-18-9-19(14-25)11-20(10-18)15-25/h3-8,12,18-20,27-28H,2,9-11,13-16H2,1H3. The molecule has 2 N–H and O–H groups in total. The third-order valence-electron chi connectivity index (χ3n) is 7.20. The molecule has 4 aliphatic carbocycles. The normalized spacial score (nSPS) is 28.9. The fourth-order valence-electron chi connectivity index (χ4n) is 6.39. The molecule has 158 valence electrons. The van der Waals surface area contributed by atoms with Gasteiger partial charge in [0.2, 0.25) is 0 Å². The number of hydrogen-bond donors (Lipinski definition) is 2. The van der Waals surface area contributed by atoms with Gasteiger partial charge >= 0.3 is 5.97 Å². The number of rotatable bonds is 7. The average molecular weight is 406 g/mol. The van der Waals surface area contributed by atoms with Crippen LogP contribution >= 0.6 is 0 Å². The highest BCUT2D eigenvalue weighted by Gasteiger charge is 2.51. The number of carbonyl (C=O) groups is 1. The van der Waals surface area contributed by atoms with Crippen LogP contribution in [0, 0.1) is 17.8 Å². The molecule has 0 saturated heterocycles. The van der Waals surface area contributed by atoms with Gasteiger partial charge < -0.3 is 15.4 Å². The Kier molecular flexibility index (Phi) is 5.13. The average Bonchev–Trinajstić information content (AvgIpc) is 2.72. The van der Waals surface area contributed by atoms with E-state index in [4.69, 9.17) is 4.74 Å². The molecular formula is C25H31N3O2. The number of esters is 1. The number of ether oxygens (including phenoxy) is 1.